The van der Waals surface area contributed by atoms with Gasteiger partial charge in [0.1, 0.15) is 4.21 Å². The standard InChI is InChI=1S/C15H24ClNO2S2/c1-2-4-13-5-3-11-17(12-9-13)21(18,19)15-7-6-14(20-15)8-10-16/h6-7,13H,2-5,8-12H2,1H3. The summed E-state index contributed by atoms with van der Waals surface area (Å²) in [6.07, 6.45) is 6.26. The third-order valence-electron chi connectivity index (χ3n) is 4.08. The van der Waals surface area contributed by atoms with E-state index in [1.807, 2.05) is 6.07 Å². The summed E-state index contributed by atoms with van der Waals surface area (Å²) in [5, 5.41) is 0. The maximum absolute atomic E-state index is 12.7. The highest BCUT2D eigenvalue weighted by molar-refractivity contribution is 7.91. The van der Waals surface area contributed by atoms with Crippen molar-refractivity contribution in [2.75, 3.05) is 19.0 Å². The van der Waals surface area contributed by atoms with E-state index in [0.29, 0.717) is 29.1 Å². The van der Waals surface area contributed by atoms with Gasteiger partial charge in [-0.1, -0.05) is 19.8 Å². The quantitative estimate of drug-likeness (QED) is 0.724. The zero-order valence-electron chi connectivity index (χ0n) is 12.6. The number of hydrogen-bond acceptors (Lipinski definition) is 3. The molecule has 0 aliphatic carbocycles. The van der Waals surface area contributed by atoms with Crippen molar-refractivity contribution in [3.63, 3.8) is 0 Å². The predicted molar refractivity (Wildman–Crippen MR) is 89.8 cm³/mol. The normalized spacial score (nSPS) is 21.3. The maximum atomic E-state index is 12.7. The Bertz CT molecular complexity index is 542. The topological polar surface area (TPSA) is 37.4 Å². The molecule has 1 atom stereocenters. The zero-order valence-corrected chi connectivity index (χ0v) is 14.9. The van der Waals surface area contributed by atoms with Gasteiger partial charge in [0.2, 0.25) is 0 Å². The predicted octanol–water partition coefficient (Wildman–Crippen LogP) is 4.12. The summed E-state index contributed by atoms with van der Waals surface area (Å²) in [5.41, 5.74) is 0. The lowest BCUT2D eigenvalue weighted by molar-refractivity contribution is 0.400. The van der Waals surface area contributed by atoms with Crippen LogP contribution in [0.25, 0.3) is 0 Å². The molecular weight excluding hydrogens is 326 g/mol. The first-order valence-corrected chi connectivity index (χ1v) is 10.5. The van der Waals surface area contributed by atoms with Gasteiger partial charge in [-0.15, -0.1) is 22.9 Å². The molecule has 1 aliphatic heterocycles. The van der Waals surface area contributed by atoms with Crippen LogP contribution in [0.4, 0.5) is 0 Å². The van der Waals surface area contributed by atoms with Crippen molar-refractivity contribution in [2.45, 2.75) is 49.7 Å². The molecule has 120 valence electrons. The van der Waals surface area contributed by atoms with Gasteiger partial charge in [-0.2, -0.15) is 4.31 Å². The Morgan fingerprint density at radius 1 is 1.33 bits per heavy atom. The third kappa shape index (κ3) is 4.44. The molecule has 2 heterocycles. The van der Waals surface area contributed by atoms with Crippen LogP contribution in [0.15, 0.2) is 16.3 Å². The van der Waals surface area contributed by atoms with E-state index in [4.69, 9.17) is 11.6 Å². The molecule has 3 nitrogen and oxygen atoms in total. The Morgan fingerprint density at radius 3 is 2.86 bits per heavy atom. The van der Waals surface area contributed by atoms with Gasteiger partial charge in [0.25, 0.3) is 10.0 Å². The van der Waals surface area contributed by atoms with Crippen LogP contribution in [0.1, 0.15) is 43.9 Å². The maximum Gasteiger partial charge on any atom is 0.252 e. The molecule has 0 radical (unpaired) electrons. The molecule has 1 unspecified atom stereocenters. The van der Waals surface area contributed by atoms with Gasteiger partial charge in [0.05, 0.1) is 0 Å². The van der Waals surface area contributed by atoms with Crippen LogP contribution in [0.3, 0.4) is 0 Å². The Hall–Kier alpha value is -0.100. The average Bonchev–Trinajstić information content (AvgIpc) is 2.79. The lowest BCUT2D eigenvalue weighted by Gasteiger charge is -2.19. The van der Waals surface area contributed by atoms with Crippen LogP contribution >= 0.6 is 22.9 Å². The summed E-state index contributed by atoms with van der Waals surface area (Å²) >= 11 is 7.08. The van der Waals surface area contributed by atoms with E-state index >= 15 is 0 Å². The van der Waals surface area contributed by atoms with Crippen molar-refractivity contribution in [1.29, 1.82) is 0 Å². The zero-order chi connectivity index (χ0) is 15.3. The highest BCUT2D eigenvalue weighted by Gasteiger charge is 2.28. The molecular formula is C15H24ClNO2S2. The average molecular weight is 350 g/mol. The molecule has 0 amide bonds. The van der Waals surface area contributed by atoms with Crippen LogP contribution in [-0.2, 0) is 16.4 Å². The Morgan fingerprint density at radius 2 is 2.14 bits per heavy atom. The number of halogens is 1. The Labute approximate surface area is 137 Å². The van der Waals surface area contributed by atoms with Gasteiger partial charge < -0.3 is 0 Å². The van der Waals surface area contributed by atoms with E-state index < -0.39 is 10.0 Å². The fourth-order valence-electron chi connectivity index (χ4n) is 2.93. The van der Waals surface area contributed by atoms with Crippen LogP contribution in [0, 0.1) is 5.92 Å². The number of rotatable bonds is 6. The van der Waals surface area contributed by atoms with Gasteiger partial charge in [-0.05, 0) is 43.7 Å². The lowest BCUT2D eigenvalue weighted by Crippen LogP contribution is -2.31. The monoisotopic (exact) mass is 349 g/mol. The number of aryl methyl sites for hydroxylation is 1. The first kappa shape index (κ1) is 17.3. The number of alkyl halides is 1. The van der Waals surface area contributed by atoms with E-state index in [1.165, 1.54) is 24.2 Å². The van der Waals surface area contributed by atoms with Crippen LogP contribution in [0.2, 0.25) is 0 Å². The van der Waals surface area contributed by atoms with E-state index in [1.54, 1.807) is 10.4 Å². The van der Waals surface area contributed by atoms with E-state index in [2.05, 4.69) is 6.92 Å². The van der Waals surface area contributed by atoms with Gasteiger partial charge in [-0.25, -0.2) is 8.42 Å². The van der Waals surface area contributed by atoms with Crippen molar-refractivity contribution in [3.8, 4) is 0 Å². The first-order chi connectivity index (χ1) is 10.1. The highest BCUT2D eigenvalue weighted by Crippen LogP contribution is 2.29. The molecule has 1 fully saturated rings. The molecule has 0 saturated carbocycles. The number of thiophene rings is 1. The van der Waals surface area contributed by atoms with Crippen molar-refractivity contribution in [3.05, 3.63) is 17.0 Å². The molecule has 1 aromatic rings. The number of sulfonamides is 1. The molecule has 0 aromatic carbocycles. The minimum Gasteiger partial charge on any atom is -0.206 e. The molecule has 0 N–H and O–H groups in total. The summed E-state index contributed by atoms with van der Waals surface area (Å²) in [6.45, 7) is 3.52. The van der Waals surface area contributed by atoms with E-state index in [0.717, 1.165) is 30.6 Å². The number of hydrogen-bond donors (Lipinski definition) is 0. The molecule has 0 bridgehead atoms. The highest BCUT2D eigenvalue weighted by atomic mass is 35.5. The van der Waals surface area contributed by atoms with Crippen molar-refractivity contribution in [2.24, 2.45) is 5.92 Å². The Kier molecular flexibility index (Phi) is 6.53. The SMILES string of the molecule is CCCC1CCCN(S(=O)(=O)c2ccc(CCCl)s2)CC1. The van der Waals surface area contributed by atoms with Crippen LogP contribution in [-0.4, -0.2) is 31.7 Å². The van der Waals surface area contributed by atoms with Crippen molar-refractivity contribution >= 4 is 33.0 Å². The third-order valence-corrected chi connectivity index (χ3v) is 7.78. The molecule has 0 spiro atoms. The second-order valence-electron chi connectivity index (χ2n) is 5.65. The van der Waals surface area contributed by atoms with E-state index in [-0.39, 0.29) is 0 Å². The summed E-state index contributed by atoms with van der Waals surface area (Å²) in [7, 11) is -3.31. The molecule has 6 heteroatoms. The van der Waals surface area contributed by atoms with Crippen molar-refractivity contribution in [1.82, 2.24) is 4.31 Å². The van der Waals surface area contributed by atoms with Gasteiger partial charge in [0, 0.05) is 23.8 Å². The number of nitrogens with zero attached hydrogens (tertiary/aromatic N) is 1. The first-order valence-electron chi connectivity index (χ1n) is 7.72. The lowest BCUT2D eigenvalue weighted by atomic mass is 9.96. The molecule has 1 aliphatic rings. The van der Waals surface area contributed by atoms with Gasteiger partial charge in [-0.3, -0.25) is 0 Å². The largest absolute Gasteiger partial charge is 0.252 e. The minimum atomic E-state index is -3.31. The fraction of sp³-hybridized carbons (Fsp3) is 0.733. The van der Waals surface area contributed by atoms with Crippen LogP contribution < -0.4 is 0 Å². The van der Waals surface area contributed by atoms with Gasteiger partial charge >= 0.3 is 0 Å². The van der Waals surface area contributed by atoms with E-state index in [9.17, 15) is 8.42 Å². The molecule has 21 heavy (non-hydrogen) atoms. The summed E-state index contributed by atoms with van der Waals surface area (Å²) < 4.78 is 27.6. The fourth-order valence-corrected chi connectivity index (χ4v) is 6.25. The summed E-state index contributed by atoms with van der Waals surface area (Å²) in [6, 6.07) is 3.62. The Balaban J connectivity index is 2.07. The second kappa shape index (κ2) is 7.95. The summed E-state index contributed by atoms with van der Waals surface area (Å²) in [5.74, 6) is 1.22. The minimum absolute atomic E-state index is 0.469. The summed E-state index contributed by atoms with van der Waals surface area (Å²) in [4.78, 5) is 1.04. The van der Waals surface area contributed by atoms with Crippen LogP contribution in [0.5, 0.6) is 0 Å². The van der Waals surface area contributed by atoms with Crippen molar-refractivity contribution < 1.29 is 8.42 Å². The second-order valence-corrected chi connectivity index (χ2v) is 9.36. The molecule has 2 rings (SSSR count). The van der Waals surface area contributed by atoms with Gasteiger partial charge in [0.15, 0.2) is 0 Å². The molecule has 1 aromatic heterocycles. The molecule has 1 saturated heterocycles. The smallest absolute Gasteiger partial charge is 0.206 e.